The Bertz CT molecular complexity index is 4090. The molecule has 13 aromatic carbocycles. The Hall–Kier alpha value is -9.96. The van der Waals surface area contributed by atoms with Crippen molar-refractivity contribution in [1.82, 2.24) is 0 Å². The lowest BCUT2D eigenvalue weighted by Gasteiger charge is -2.45. The van der Waals surface area contributed by atoms with Crippen molar-refractivity contribution in [2.75, 3.05) is 9.80 Å². The van der Waals surface area contributed by atoms with Crippen molar-refractivity contribution in [3.8, 4) is 66.8 Å². The Kier molecular flexibility index (Phi) is 10.7. The van der Waals surface area contributed by atoms with Gasteiger partial charge in [0.25, 0.3) is 6.71 Å². The molecule has 13 aromatic rings. The molecule has 0 aliphatic carbocycles. The number of hydrogen-bond donors (Lipinski definition) is 0. The average molecular weight is 977 g/mol. The van der Waals surface area contributed by atoms with Crippen molar-refractivity contribution in [3.05, 3.63) is 297 Å². The van der Waals surface area contributed by atoms with Gasteiger partial charge in [-0.15, -0.1) is 0 Å². The van der Waals surface area contributed by atoms with Gasteiger partial charge in [-0.25, -0.2) is 0 Å². The van der Waals surface area contributed by atoms with E-state index >= 15 is 0 Å². The van der Waals surface area contributed by atoms with Crippen molar-refractivity contribution in [1.29, 1.82) is 0 Å². The molecule has 358 valence electrons. The number of hydrogen-bond acceptors (Lipinski definition) is 2. The molecule has 2 aliphatic heterocycles. The third kappa shape index (κ3) is 7.50. The second-order valence-electron chi connectivity index (χ2n) is 20.4. The molecule has 0 unspecified atom stereocenters. The van der Waals surface area contributed by atoms with Crippen molar-refractivity contribution < 1.29 is 0 Å². The molecule has 0 saturated carbocycles. The maximum atomic E-state index is 2.59. The van der Waals surface area contributed by atoms with E-state index in [2.05, 4.69) is 307 Å². The van der Waals surface area contributed by atoms with E-state index in [1.54, 1.807) is 0 Å². The highest BCUT2D eigenvalue weighted by atomic mass is 15.2. The number of anilines is 6. The predicted octanol–water partition coefficient (Wildman–Crippen LogP) is 18.1. The van der Waals surface area contributed by atoms with Gasteiger partial charge in [0, 0.05) is 44.9 Å². The molecule has 77 heavy (non-hydrogen) atoms. The van der Waals surface area contributed by atoms with Crippen LogP contribution in [-0.2, 0) is 0 Å². The van der Waals surface area contributed by atoms with Crippen LogP contribution in [0, 0.1) is 0 Å². The summed E-state index contributed by atoms with van der Waals surface area (Å²) in [5, 5.41) is 4.86. The molecular formula is C74H49BN2. The Morgan fingerprint density at radius 3 is 0.987 bits per heavy atom. The zero-order valence-corrected chi connectivity index (χ0v) is 42.3. The van der Waals surface area contributed by atoms with E-state index < -0.39 is 0 Å². The summed E-state index contributed by atoms with van der Waals surface area (Å²) in [6.07, 6.45) is 0. The van der Waals surface area contributed by atoms with Gasteiger partial charge in [0.2, 0.25) is 0 Å². The van der Waals surface area contributed by atoms with E-state index in [4.69, 9.17) is 0 Å². The van der Waals surface area contributed by atoms with Crippen LogP contribution in [0.5, 0.6) is 0 Å². The molecule has 0 radical (unpaired) electrons. The predicted molar refractivity (Wildman–Crippen MR) is 328 cm³/mol. The Balaban J connectivity index is 1.09. The molecule has 3 heteroatoms. The lowest BCUT2D eigenvalue weighted by atomic mass is 9.33. The van der Waals surface area contributed by atoms with Crippen LogP contribution in [0.15, 0.2) is 297 Å². The van der Waals surface area contributed by atoms with Gasteiger partial charge in [-0.1, -0.05) is 249 Å². The first-order valence-corrected chi connectivity index (χ1v) is 26.7. The zero-order valence-electron chi connectivity index (χ0n) is 42.3. The lowest BCUT2D eigenvalue weighted by Crippen LogP contribution is -2.61. The van der Waals surface area contributed by atoms with E-state index in [0.717, 1.165) is 39.4 Å². The smallest absolute Gasteiger partial charge is 0.252 e. The summed E-state index contributed by atoms with van der Waals surface area (Å²) in [6.45, 7) is -0.0874. The largest absolute Gasteiger partial charge is 0.311 e. The monoisotopic (exact) mass is 976 g/mol. The minimum atomic E-state index is -0.0874. The fourth-order valence-corrected chi connectivity index (χ4v) is 12.5. The molecule has 2 aliphatic rings. The van der Waals surface area contributed by atoms with Gasteiger partial charge >= 0.3 is 0 Å². The molecular weight excluding hydrogens is 928 g/mol. The van der Waals surface area contributed by atoms with Crippen molar-refractivity contribution in [2.45, 2.75) is 0 Å². The third-order valence-electron chi connectivity index (χ3n) is 16.0. The molecule has 2 nitrogen and oxygen atoms in total. The van der Waals surface area contributed by atoms with E-state index in [-0.39, 0.29) is 6.71 Å². The molecule has 0 bridgehead atoms. The highest BCUT2D eigenvalue weighted by Gasteiger charge is 2.45. The number of fused-ring (bicyclic) bond motifs is 8. The van der Waals surface area contributed by atoms with E-state index in [0.29, 0.717) is 0 Å². The Morgan fingerprint density at radius 2 is 0.584 bits per heavy atom. The first kappa shape index (κ1) is 44.5. The Labute approximate surface area is 450 Å². The van der Waals surface area contributed by atoms with Gasteiger partial charge in [0.05, 0.1) is 0 Å². The van der Waals surface area contributed by atoms with Crippen molar-refractivity contribution in [2.24, 2.45) is 0 Å². The molecule has 2 heterocycles. The minimum absolute atomic E-state index is 0.0874. The van der Waals surface area contributed by atoms with E-state index in [1.807, 2.05) is 0 Å². The van der Waals surface area contributed by atoms with Crippen LogP contribution in [0.2, 0.25) is 0 Å². The molecule has 0 spiro atoms. The number of rotatable bonds is 8. The zero-order chi connectivity index (χ0) is 50.8. The lowest BCUT2D eigenvalue weighted by molar-refractivity contribution is 1.27. The average Bonchev–Trinajstić information content (AvgIpc) is 3.59. The normalized spacial score (nSPS) is 12.3. The molecule has 0 aromatic heterocycles. The second kappa shape index (κ2) is 18.5. The van der Waals surface area contributed by atoms with Crippen molar-refractivity contribution >= 4 is 78.8 Å². The first-order chi connectivity index (χ1) is 38.2. The Morgan fingerprint density at radius 1 is 0.247 bits per heavy atom. The van der Waals surface area contributed by atoms with E-state index in [1.165, 1.54) is 99.4 Å². The van der Waals surface area contributed by atoms with Gasteiger partial charge in [-0.2, -0.15) is 0 Å². The van der Waals surface area contributed by atoms with E-state index in [9.17, 15) is 0 Å². The van der Waals surface area contributed by atoms with Crippen LogP contribution < -0.4 is 26.2 Å². The van der Waals surface area contributed by atoms with Gasteiger partial charge in [0.15, 0.2) is 0 Å². The van der Waals surface area contributed by atoms with Gasteiger partial charge in [-0.05, 0) is 142 Å². The summed E-state index contributed by atoms with van der Waals surface area (Å²) in [5.41, 5.74) is 24.9. The van der Waals surface area contributed by atoms with Crippen molar-refractivity contribution in [3.63, 3.8) is 0 Å². The highest BCUT2D eigenvalue weighted by molar-refractivity contribution is 7.00. The molecule has 0 N–H and O–H groups in total. The van der Waals surface area contributed by atoms with Gasteiger partial charge < -0.3 is 9.80 Å². The van der Waals surface area contributed by atoms with Crippen LogP contribution in [0.25, 0.3) is 88.3 Å². The molecule has 15 rings (SSSR count). The summed E-state index contributed by atoms with van der Waals surface area (Å²) in [6, 6.07) is 110. The number of benzene rings is 13. The second-order valence-corrected chi connectivity index (χ2v) is 20.4. The summed E-state index contributed by atoms with van der Waals surface area (Å²) < 4.78 is 0. The van der Waals surface area contributed by atoms with Crippen LogP contribution in [0.1, 0.15) is 0 Å². The summed E-state index contributed by atoms with van der Waals surface area (Å²) >= 11 is 0. The van der Waals surface area contributed by atoms with Crippen LogP contribution in [0.3, 0.4) is 0 Å². The third-order valence-corrected chi connectivity index (χ3v) is 16.0. The SMILES string of the molecule is c1ccc(-c2ccc(N3c4cc(-c5c(-c6ccccc6)cc(-c6ccccc6)cc5-c5ccccc5)cc5c4B(c4ccc6ccccc6c43)c3ccc4ccccc4c3N5c3ccc(-c4ccccc4)cc3)cc2)cc1. The maximum absolute atomic E-state index is 2.59. The molecule has 0 atom stereocenters. The summed E-state index contributed by atoms with van der Waals surface area (Å²) in [5.74, 6) is 0. The standard InChI is InChI=1S/C74H49BN2/c1-6-20-50(21-7-1)53-34-40-61(41-35-53)76-69-48-60(71-65(55-26-12-4-13-27-55)46-59(52-24-10-3-11-25-52)47-66(71)56-28-14-5-15-29-56)49-70-72(69)75(67-44-38-57-30-16-18-32-63(57)73(67)76)68-45-39-58-31-17-19-33-64(58)74(68)77(70)62-42-36-54(37-43-62)51-22-8-2-9-23-51/h1-49H. The fourth-order valence-electron chi connectivity index (χ4n) is 12.5. The molecule has 0 amide bonds. The highest BCUT2D eigenvalue weighted by Crippen LogP contribution is 2.52. The van der Waals surface area contributed by atoms with Gasteiger partial charge in [0.1, 0.15) is 0 Å². The minimum Gasteiger partial charge on any atom is -0.311 e. The summed E-state index contributed by atoms with van der Waals surface area (Å²) in [4.78, 5) is 5.19. The summed E-state index contributed by atoms with van der Waals surface area (Å²) in [7, 11) is 0. The molecule has 0 saturated heterocycles. The van der Waals surface area contributed by atoms with Crippen LogP contribution in [-0.4, -0.2) is 6.71 Å². The van der Waals surface area contributed by atoms with Gasteiger partial charge in [-0.3, -0.25) is 0 Å². The number of nitrogens with zero attached hydrogens (tertiary/aromatic N) is 2. The maximum Gasteiger partial charge on any atom is 0.252 e. The quantitative estimate of drug-likeness (QED) is 0.140. The topological polar surface area (TPSA) is 6.48 Å². The van der Waals surface area contributed by atoms with Crippen LogP contribution in [0.4, 0.5) is 34.1 Å². The van der Waals surface area contributed by atoms with Crippen LogP contribution >= 0.6 is 0 Å². The fraction of sp³-hybridized carbons (Fsp3) is 0. The first-order valence-electron chi connectivity index (χ1n) is 26.7. The molecule has 0 fully saturated rings.